The number of benzene rings is 2. The number of hydrogen-bond acceptors (Lipinski definition) is 4. The third-order valence-electron chi connectivity index (χ3n) is 4.34. The van der Waals surface area contributed by atoms with Crippen molar-refractivity contribution in [3.05, 3.63) is 59.1 Å². The number of esters is 1. The summed E-state index contributed by atoms with van der Waals surface area (Å²) in [5.41, 5.74) is 1.24. The van der Waals surface area contributed by atoms with Gasteiger partial charge in [-0.25, -0.2) is 0 Å². The molecule has 27 heavy (non-hydrogen) atoms. The maximum Gasteiger partial charge on any atom is 0.317 e. The summed E-state index contributed by atoms with van der Waals surface area (Å²) in [4.78, 5) is 35.6. The van der Waals surface area contributed by atoms with Crippen LogP contribution in [0.25, 0.3) is 0 Å². The Bertz CT molecular complexity index is 876. The highest BCUT2D eigenvalue weighted by Gasteiger charge is 2.52. The molecule has 2 aromatic rings. The predicted octanol–water partition coefficient (Wildman–Crippen LogP) is 3.51. The first kappa shape index (κ1) is 18.9. The SMILES string of the molecule is CC(=O)Nc1cccc(NC(=O)COC(=O)C2(c3ccc(Cl)cc3)CC2)c1. The maximum absolute atomic E-state index is 12.5. The van der Waals surface area contributed by atoms with Gasteiger partial charge in [-0.1, -0.05) is 29.8 Å². The molecule has 0 heterocycles. The lowest BCUT2D eigenvalue weighted by atomic mass is 9.96. The summed E-state index contributed by atoms with van der Waals surface area (Å²) >= 11 is 5.89. The summed E-state index contributed by atoms with van der Waals surface area (Å²) in [5, 5.41) is 5.88. The quantitative estimate of drug-likeness (QED) is 0.744. The van der Waals surface area contributed by atoms with E-state index in [1.807, 2.05) is 12.1 Å². The molecule has 7 heteroatoms. The smallest absolute Gasteiger partial charge is 0.317 e. The minimum absolute atomic E-state index is 0.204. The lowest BCUT2D eigenvalue weighted by Gasteiger charge is -2.15. The van der Waals surface area contributed by atoms with Gasteiger partial charge in [0.2, 0.25) is 5.91 Å². The molecule has 1 fully saturated rings. The van der Waals surface area contributed by atoms with Crippen LogP contribution in [-0.4, -0.2) is 24.4 Å². The van der Waals surface area contributed by atoms with Crippen molar-refractivity contribution in [2.75, 3.05) is 17.2 Å². The fourth-order valence-electron chi connectivity index (χ4n) is 2.85. The van der Waals surface area contributed by atoms with Crippen LogP contribution in [0.1, 0.15) is 25.3 Å². The normalized spacial score (nSPS) is 14.1. The number of amides is 2. The summed E-state index contributed by atoms with van der Waals surface area (Å²) in [6, 6.07) is 13.8. The van der Waals surface area contributed by atoms with E-state index in [0.29, 0.717) is 29.2 Å². The molecular formula is C20H19ClN2O4. The number of carbonyl (C=O) groups is 3. The van der Waals surface area contributed by atoms with E-state index in [4.69, 9.17) is 16.3 Å². The molecule has 3 rings (SSSR count). The molecule has 1 aliphatic carbocycles. The van der Waals surface area contributed by atoms with Crippen LogP contribution >= 0.6 is 11.6 Å². The fraction of sp³-hybridized carbons (Fsp3) is 0.250. The molecule has 0 aliphatic heterocycles. The van der Waals surface area contributed by atoms with Gasteiger partial charge in [0.05, 0.1) is 5.41 Å². The molecule has 0 spiro atoms. The lowest BCUT2D eigenvalue weighted by Crippen LogP contribution is -2.28. The Morgan fingerprint density at radius 1 is 1.04 bits per heavy atom. The molecule has 6 nitrogen and oxygen atoms in total. The first-order valence-electron chi connectivity index (χ1n) is 8.50. The highest BCUT2D eigenvalue weighted by atomic mass is 35.5. The molecule has 0 unspecified atom stereocenters. The largest absolute Gasteiger partial charge is 0.455 e. The van der Waals surface area contributed by atoms with Gasteiger partial charge in [0.25, 0.3) is 5.91 Å². The van der Waals surface area contributed by atoms with Gasteiger partial charge in [-0.05, 0) is 48.7 Å². The Hall–Kier alpha value is -2.86. The van der Waals surface area contributed by atoms with Crippen molar-refractivity contribution < 1.29 is 19.1 Å². The van der Waals surface area contributed by atoms with Crippen LogP contribution in [-0.2, 0) is 24.5 Å². The molecule has 2 aromatic carbocycles. The van der Waals surface area contributed by atoms with Crippen LogP contribution in [0.4, 0.5) is 11.4 Å². The second-order valence-corrected chi connectivity index (χ2v) is 6.91. The second kappa shape index (κ2) is 7.80. The second-order valence-electron chi connectivity index (χ2n) is 6.48. The molecule has 0 bridgehead atoms. The lowest BCUT2D eigenvalue weighted by molar-refractivity contribution is -0.150. The van der Waals surface area contributed by atoms with E-state index in [9.17, 15) is 14.4 Å². The number of hydrogen-bond donors (Lipinski definition) is 2. The van der Waals surface area contributed by atoms with Crippen molar-refractivity contribution in [3.8, 4) is 0 Å². The van der Waals surface area contributed by atoms with E-state index < -0.39 is 17.3 Å². The zero-order valence-corrected chi connectivity index (χ0v) is 15.5. The van der Waals surface area contributed by atoms with Crippen LogP contribution in [0, 0.1) is 0 Å². The third kappa shape index (κ3) is 4.65. The van der Waals surface area contributed by atoms with Gasteiger partial charge in [-0.2, -0.15) is 0 Å². The number of ether oxygens (including phenoxy) is 1. The van der Waals surface area contributed by atoms with E-state index in [2.05, 4.69) is 10.6 Å². The Labute approximate surface area is 161 Å². The van der Waals surface area contributed by atoms with E-state index >= 15 is 0 Å². The molecule has 0 aromatic heterocycles. The number of halogens is 1. The Morgan fingerprint density at radius 2 is 1.67 bits per heavy atom. The predicted molar refractivity (Wildman–Crippen MR) is 103 cm³/mol. The highest BCUT2D eigenvalue weighted by molar-refractivity contribution is 6.30. The van der Waals surface area contributed by atoms with Crippen LogP contribution in [0.2, 0.25) is 5.02 Å². The number of carbonyl (C=O) groups excluding carboxylic acids is 3. The van der Waals surface area contributed by atoms with Gasteiger partial charge in [-0.15, -0.1) is 0 Å². The van der Waals surface area contributed by atoms with Gasteiger partial charge in [-0.3, -0.25) is 14.4 Å². The number of anilines is 2. The molecule has 140 valence electrons. The molecule has 0 radical (unpaired) electrons. The first-order valence-corrected chi connectivity index (χ1v) is 8.88. The van der Waals surface area contributed by atoms with Gasteiger partial charge >= 0.3 is 5.97 Å². The standard InChI is InChI=1S/C20H19ClN2O4/c1-13(24)22-16-3-2-4-17(11-16)23-18(25)12-27-19(26)20(9-10-20)14-5-7-15(21)8-6-14/h2-8,11H,9-10,12H2,1H3,(H,22,24)(H,23,25). The van der Waals surface area contributed by atoms with E-state index in [0.717, 1.165) is 5.56 Å². The number of nitrogens with one attached hydrogen (secondary N) is 2. The van der Waals surface area contributed by atoms with Gasteiger partial charge < -0.3 is 15.4 Å². The average Bonchev–Trinajstić information content (AvgIpc) is 3.42. The number of rotatable bonds is 6. The van der Waals surface area contributed by atoms with E-state index in [1.165, 1.54) is 6.92 Å². The first-order chi connectivity index (χ1) is 12.9. The van der Waals surface area contributed by atoms with E-state index in [-0.39, 0.29) is 12.5 Å². The van der Waals surface area contributed by atoms with Gasteiger partial charge in [0.1, 0.15) is 0 Å². The molecule has 2 N–H and O–H groups in total. The summed E-state index contributed by atoms with van der Waals surface area (Å²) in [7, 11) is 0. The van der Waals surface area contributed by atoms with Crippen molar-refractivity contribution in [1.82, 2.24) is 0 Å². The average molecular weight is 387 g/mol. The molecular weight excluding hydrogens is 368 g/mol. The summed E-state index contributed by atoms with van der Waals surface area (Å²) in [5.74, 6) is -1.06. The zero-order chi connectivity index (χ0) is 19.4. The topological polar surface area (TPSA) is 84.5 Å². The van der Waals surface area contributed by atoms with Gasteiger partial charge in [0, 0.05) is 23.3 Å². The molecule has 2 amide bonds. The minimum Gasteiger partial charge on any atom is -0.455 e. The van der Waals surface area contributed by atoms with Crippen molar-refractivity contribution in [3.63, 3.8) is 0 Å². The Morgan fingerprint density at radius 3 is 2.26 bits per heavy atom. The summed E-state index contributed by atoms with van der Waals surface area (Å²) in [6.45, 7) is 1.03. The molecule has 1 saturated carbocycles. The van der Waals surface area contributed by atoms with Crippen molar-refractivity contribution in [2.24, 2.45) is 0 Å². The summed E-state index contributed by atoms with van der Waals surface area (Å²) in [6.07, 6.45) is 1.38. The van der Waals surface area contributed by atoms with Crippen molar-refractivity contribution in [2.45, 2.75) is 25.2 Å². The van der Waals surface area contributed by atoms with Crippen LogP contribution < -0.4 is 10.6 Å². The third-order valence-corrected chi connectivity index (χ3v) is 4.59. The Kier molecular flexibility index (Phi) is 5.46. The Balaban J connectivity index is 1.55. The molecule has 0 saturated heterocycles. The van der Waals surface area contributed by atoms with Crippen molar-refractivity contribution >= 4 is 40.8 Å². The van der Waals surface area contributed by atoms with Crippen LogP contribution in [0.3, 0.4) is 0 Å². The maximum atomic E-state index is 12.5. The monoisotopic (exact) mass is 386 g/mol. The summed E-state index contributed by atoms with van der Waals surface area (Å²) < 4.78 is 5.23. The molecule has 1 aliphatic rings. The highest BCUT2D eigenvalue weighted by Crippen LogP contribution is 2.49. The van der Waals surface area contributed by atoms with E-state index in [1.54, 1.807) is 36.4 Å². The van der Waals surface area contributed by atoms with Crippen LogP contribution in [0.15, 0.2) is 48.5 Å². The molecule has 0 atom stereocenters. The zero-order valence-electron chi connectivity index (χ0n) is 14.8. The van der Waals surface area contributed by atoms with Crippen LogP contribution in [0.5, 0.6) is 0 Å². The van der Waals surface area contributed by atoms with Gasteiger partial charge in [0.15, 0.2) is 6.61 Å². The minimum atomic E-state index is -0.670. The fourth-order valence-corrected chi connectivity index (χ4v) is 2.97. The van der Waals surface area contributed by atoms with Crippen molar-refractivity contribution in [1.29, 1.82) is 0 Å².